The Labute approximate surface area is 96.0 Å². The first-order chi connectivity index (χ1) is 6.63. The molecular weight excluding hydrogens is 217 g/mol. The largest absolute Gasteiger partial charge is 0.494 e. The van der Waals surface area contributed by atoms with Crippen molar-refractivity contribution in [3.8, 4) is 5.75 Å². The average Bonchev–Trinajstić information content (AvgIpc) is 2.10. The summed E-state index contributed by atoms with van der Waals surface area (Å²) in [5.74, 6) is 0.326. The molecule has 0 aliphatic heterocycles. The zero-order valence-electron chi connectivity index (χ0n) is 9.00. The Kier molecular flexibility index (Phi) is 6.29. The zero-order chi connectivity index (χ0) is 10.6. The van der Waals surface area contributed by atoms with Crippen molar-refractivity contribution in [3.63, 3.8) is 0 Å². The van der Waals surface area contributed by atoms with Crippen molar-refractivity contribution in [2.24, 2.45) is 5.73 Å². The van der Waals surface area contributed by atoms with E-state index in [0.29, 0.717) is 24.3 Å². The number of halogens is 2. The van der Waals surface area contributed by atoms with Gasteiger partial charge in [-0.05, 0) is 31.9 Å². The predicted octanol–water partition coefficient (Wildman–Crippen LogP) is 2.54. The lowest BCUT2D eigenvalue weighted by Gasteiger charge is -2.08. The van der Waals surface area contributed by atoms with Gasteiger partial charge in [-0.25, -0.2) is 4.39 Å². The molecule has 0 bridgehead atoms. The summed E-state index contributed by atoms with van der Waals surface area (Å²) in [5.41, 5.74) is 6.23. The van der Waals surface area contributed by atoms with Gasteiger partial charge in [-0.1, -0.05) is 6.07 Å². The molecule has 1 aromatic rings. The number of benzene rings is 1. The summed E-state index contributed by atoms with van der Waals surface area (Å²) in [6, 6.07) is 4.87. The van der Waals surface area contributed by atoms with Crippen molar-refractivity contribution in [2.75, 3.05) is 6.61 Å². The van der Waals surface area contributed by atoms with Gasteiger partial charge in [0.2, 0.25) is 0 Å². The molecule has 1 atom stereocenters. The first-order valence-corrected chi connectivity index (χ1v) is 4.80. The van der Waals surface area contributed by atoms with Crippen LogP contribution in [0.3, 0.4) is 0 Å². The summed E-state index contributed by atoms with van der Waals surface area (Å²) in [4.78, 5) is 0. The summed E-state index contributed by atoms with van der Waals surface area (Å²) in [6.07, 6.45) is 0.554. The van der Waals surface area contributed by atoms with E-state index >= 15 is 0 Å². The monoisotopic (exact) mass is 233 g/mol. The molecule has 0 aliphatic carbocycles. The molecule has 0 spiro atoms. The van der Waals surface area contributed by atoms with Crippen LogP contribution in [0.2, 0.25) is 0 Å². The van der Waals surface area contributed by atoms with Gasteiger partial charge in [-0.3, -0.25) is 0 Å². The van der Waals surface area contributed by atoms with Crippen LogP contribution in [-0.2, 0) is 6.42 Å². The van der Waals surface area contributed by atoms with E-state index in [1.807, 2.05) is 13.8 Å². The fourth-order valence-corrected chi connectivity index (χ4v) is 1.30. The summed E-state index contributed by atoms with van der Waals surface area (Å²) in [6.45, 7) is 4.27. The van der Waals surface area contributed by atoms with E-state index in [0.717, 1.165) is 0 Å². The minimum atomic E-state index is -0.242. The molecule has 4 heteroatoms. The highest BCUT2D eigenvalue weighted by Gasteiger charge is 2.05. The summed E-state index contributed by atoms with van der Waals surface area (Å²) in [7, 11) is 0. The minimum Gasteiger partial charge on any atom is -0.494 e. The second kappa shape index (κ2) is 6.64. The molecule has 0 aromatic heterocycles. The van der Waals surface area contributed by atoms with E-state index < -0.39 is 0 Å². The van der Waals surface area contributed by atoms with Gasteiger partial charge in [0, 0.05) is 12.1 Å². The van der Waals surface area contributed by atoms with E-state index in [9.17, 15) is 4.39 Å². The third-order valence-corrected chi connectivity index (χ3v) is 1.88. The summed E-state index contributed by atoms with van der Waals surface area (Å²) >= 11 is 0. The van der Waals surface area contributed by atoms with E-state index in [4.69, 9.17) is 10.5 Å². The Morgan fingerprint density at radius 3 is 2.60 bits per heavy atom. The molecule has 2 nitrogen and oxygen atoms in total. The second-order valence-corrected chi connectivity index (χ2v) is 3.37. The lowest BCUT2D eigenvalue weighted by molar-refractivity contribution is 0.338. The van der Waals surface area contributed by atoms with E-state index in [1.165, 1.54) is 6.07 Å². The third kappa shape index (κ3) is 4.49. The second-order valence-electron chi connectivity index (χ2n) is 3.37. The first-order valence-electron chi connectivity index (χ1n) is 4.80. The summed E-state index contributed by atoms with van der Waals surface area (Å²) < 4.78 is 18.6. The van der Waals surface area contributed by atoms with Crippen LogP contribution in [0.5, 0.6) is 5.75 Å². The van der Waals surface area contributed by atoms with Crippen LogP contribution in [0.25, 0.3) is 0 Å². The number of hydrogen-bond acceptors (Lipinski definition) is 2. The molecule has 0 heterocycles. The Bertz CT molecular complexity index is 305. The fraction of sp³-hybridized carbons (Fsp3) is 0.455. The van der Waals surface area contributed by atoms with Crippen molar-refractivity contribution in [1.82, 2.24) is 0 Å². The van der Waals surface area contributed by atoms with Gasteiger partial charge in [-0.2, -0.15) is 0 Å². The molecule has 0 amide bonds. The lowest BCUT2D eigenvalue weighted by atomic mass is 10.1. The van der Waals surface area contributed by atoms with Crippen LogP contribution in [0.4, 0.5) is 4.39 Å². The molecule has 2 N–H and O–H groups in total. The van der Waals surface area contributed by atoms with E-state index in [-0.39, 0.29) is 24.3 Å². The van der Waals surface area contributed by atoms with Gasteiger partial charge in [0.05, 0.1) is 6.61 Å². The third-order valence-electron chi connectivity index (χ3n) is 1.88. The lowest BCUT2D eigenvalue weighted by Crippen LogP contribution is -2.18. The van der Waals surface area contributed by atoms with Crippen LogP contribution in [0, 0.1) is 5.82 Å². The van der Waals surface area contributed by atoms with Gasteiger partial charge in [-0.15, -0.1) is 12.4 Å². The van der Waals surface area contributed by atoms with Crippen LogP contribution in [-0.4, -0.2) is 12.6 Å². The highest BCUT2D eigenvalue weighted by atomic mass is 35.5. The van der Waals surface area contributed by atoms with Gasteiger partial charge >= 0.3 is 0 Å². The van der Waals surface area contributed by atoms with Gasteiger partial charge in [0.1, 0.15) is 11.6 Å². The number of rotatable bonds is 4. The molecule has 0 fully saturated rings. The molecule has 86 valence electrons. The SMILES string of the molecule is CCOc1ccc(CC(C)N)c(F)c1.Cl. The molecule has 15 heavy (non-hydrogen) atoms. The maximum absolute atomic E-state index is 13.4. The summed E-state index contributed by atoms with van der Waals surface area (Å²) in [5, 5.41) is 0. The molecular formula is C11H17ClFNO. The molecule has 0 radical (unpaired) electrons. The number of hydrogen-bond donors (Lipinski definition) is 1. The van der Waals surface area contributed by atoms with Crippen LogP contribution >= 0.6 is 12.4 Å². The molecule has 1 unspecified atom stereocenters. The quantitative estimate of drug-likeness (QED) is 0.868. The Morgan fingerprint density at radius 1 is 1.47 bits per heavy atom. The van der Waals surface area contributed by atoms with Crippen LogP contribution in [0.1, 0.15) is 19.4 Å². The van der Waals surface area contributed by atoms with E-state index in [2.05, 4.69) is 0 Å². The maximum Gasteiger partial charge on any atom is 0.130 e. The molecule has 0 saturated carbocycles. The first kappa shape index (κ1) is 14.2. The average molecular weight is 234 g/mol. The van der Waals surface area contributed by atoms with Crippen molar-refractivity contribution in [2.45, 2.75) is 26.3 Å². The zero-order valence-corrected chi connectivity index (χ0v) is 9.81. The molecule has 0 aliphatic rings. The minimum absolute atomic E-state index is 0. The van der Waals surface area contributed by atoms with Gasteiger partial charge in [0.15, 0.2) is 0 Å². The van der Waals surface area contributed by atoms with Crippen molar-refractivity contribution in [3.05, 3.63) is 29.6 Å². The standard InChI is InChI=1S/C11H16FNO.ClH/c1-3-14-10-5-4-9(6-8(2)13)11(12)7-10;/h4-5,7-8H,3,6,13H2,1-2H3;1H. The topological polar surface area (TPSA) is 35.2 Å². The number of ether oxygens (including phenoxy) is 1. The highest BCUT2D eigenvalue weighted by Crippen LogP contribution is 2.17. The van der Waals surface area contributed by atoms with Crippen molar-refractivity contribution >= 4 is 12.4 Å². The predicted molar refractivity (Wildman–Crippen MR) is 62.2 cm³/mol. The smallest absolute Gasteiger partial charge is 0.130 e. The fourth-order valence-electron chi connectivity index (χ4n) is 1.30. The van der Waals surface area contributed by atoms with Crippen LogP contribution < -0.4 is 10.5 Å². The normalized spacial score (nSPS) is 11.7. The number of nitrogens with two attached hydrogens (primary N) is 1. The Morgan fingerprint density at radius 2 is 2.13 bits per heavy atom. The van der Waals surface area contributed by atoms with Gasteiger partial charge < -0.3 is 10.5 Å². The highest BCUT2D eigenvalue weighted by molar-refractivity contribution is 5.85. The molecule has 1 rings (SSSR count). The van der Waals surface area contributed by atoms with E-state index in [1.54, 1.807) is 12.1 Å². The van der Waals surface area contributed by atoms with Crippen molar-refractivity contribution in [1.29, 1.82) is 0 Å². The van der Waals surface area contributed by atoms with Crippen LogP contribution in [0.15, 0.2) is 18.2 Å². The molecule has 0 saturated heterocycles. The maximum atomic E-state index is 13.4. The Balaban J connectivity index is 0.00000196. The Hall–Kier alpha value is -0.800. The van der Waals surface area contributed by atoms with Crippen molar-refractivity contribution < 1.29 is 9.13 Å². The molecule has 1 aromatic carbocycles. The van der Waals surface area contributed by atoms with Gasteiger partial charge in [0.25, 0.3) is 0 Å².